The van der Waals surface area contributed by atoms with E-state index in [1.54, 1.807) is 29.6 Å². The van der Waals surface area contributed by atoms with Crippen molar-refractivity contribution in [1.82, 2.24) is 0 Å². The summed E-state index contributed by atoms with van der Waals surface area (Å²) < 4.78 is 0. The third-order valence-electron chi connectivity index (χ3n) is 4.56. The number of thioether (sulfide) groups is 1. The van der Waals surface area contributed by atoms with Gasteiger partial charge in [0.15, 0.2) is 12.1 Å². The summed E-state index contributed by atoms with van der Waals surface area (Å²) in [4.78, 5) is 26.7. The van der Waals surface area contributed by atoms with Crippen molar-refractivity contribution >= 4 is 35.6 Å². The highest BCUT2D eigenvalue weighted by atomic mass is 32.2. The fourth-order valence-corrected chi connectivity index (χ4v) is 4.85. The van der Waals surface area contributed by atoms with Gasteiger partial charge in [-0.2, -0.15) is 0 Å². The third-order valence-corrected chi connectivity index (χ3v) is 6.90. The molecule has 0 bridgehead atoms. The third kappa shape index (κ3) is 5.63. The van der Waals surface area contributed by atoms with E-state index in [1.165, 1.54) is 13.8 Å². The van der Waals surface area contributed by atoms with E-state index in [0.29, 0.717) is 11.1 Å². The molecule has 0 saturated heterocycles. The van der Waals surface area contributed by atoms with Crippen LogP contribution in [0.15, 0.2) is 81.4 Å². The summed E-state index contributed by atoms with van der Waals surface area (Å²) in [6, 6.07) is 21.3. The maximum atomic E-state index is 12.3. The Balaban J connectivity index is 1.70. The predicted octanol–water partition coefficient (Wildman–Crippen LogP) is 6.20. The van der Waals surface area contributed by atoms with Crippen molar-refractivity contribution < 1.29 is 14.7 Å². The number of carbonyl (C=O) groups excluding carboxylic acids is 2. The molecule has 0 aromatic heterocycles. The Morgan fingerprint density at radius 2 is 1.77 bits per heavy atom. The second kappa shape index (κ2) is 9.65. The molecule has 0 fully saturated rings. The molecule has 0 spiro atoms. The number of benzene rings is 3. The largest absolute Gasteiger partial charge is 0.382 e. The number of rotatable bonds is 8. The smallest absolute Gasteiger partial charge is 0.193 e. The highest BCUT2D eigenvalue weighted by Gasteiger charge is 2.25. The molecule has 0 amide bonds. The van der Waals surface area contributed by atoms with Gasteiger partial charge in [0.1, 0.15) is 5.60 Å². The number of Topliss-reactive ketones (excluding diaryl/α,β-unsaturated/α-hetero) is 1. The molecule has 5 heteroatoms. The Morgan fingerprint density at radius 3 is 2.47 bits per heavy atom. The van der Waals surface area contributed by atoms with Crippen molar-refractivity contribution in [3.63, 3.8) is 0 Å². The van der Waals surface area contributed by atoms with Gasteiger partial charge < -0.3 is 5.11 Å². The van der Waals surface area contributed by atoms with Crippen LogP contribution in [0.4, 0.5) is 0 Å². The minimum atomic E-state index is -1.38. The van der Waals surface area contributed by atoms with Crippen molar-refractivity contribution in [2.24, 2.45) is 0 Å². The molecule has 0 heterocycles. The average Bonchev–Trinajstić information content (AvgIpc) is 2.73. The molecule has 0 aliphatic rings. The monoisotopic (exact) mass is 436 g/mol. The second-order valence-corrected chi connectivity index (χ2v) is 9.69. The fraction of sp³-hybridized carbons (Fsp3) is 0.200. The van der Waals surface area contributed by atoms with Gasteiger partial charge in [-0.05, 0) is 62.2 Å². The zero-order chi connectivity index (χ0) is 21.7. The lowest BCUT2D eigenvalue weighted by molar-refractivity contribution is 0.0488. The molecule has 0 radical (unpaired) electrons. The molecule has 0 saturated carbocycles. The van der Waals surface area contributed by atoms with Crippen LogP contribution in [0.3, 0.4) is 0 Å². The molecule has 3 aromatic carbocycles. The normalized spacial score (nSPS) is 11.3. The van der Waals surface area contributed by atoms with Gasteiger partial charge in [-0.3, -0.25) is 9.59 Å². The maximum absolute atomic E-state index is 12.3. The van der Waals surface area contributed by atoms with E-state index < -0.39 is 5.60 Å². The Kier molecular flexibility index (Phi) is 7.19. The van der Waals surface area contributed by atoms with E-state index in [0.717, 1.165) is 37.9 Å². The van der Waals surface area contributed by atoms with Crippen LogP contribution in [0.25, 0.3) is 0 Å². The van der Waals surface area contributed by atoms with Crippen molar-refractivity contribution in [2.75, 3.05) is 0 Å². The maximum Gasteiger partial charge on any atom is 0.193 e. The first-order valence-corrected chi connectivity index (χ1v) is 11.4. The number of aldehydes is 1. The number of aryl methyl sites for hydroxylation is 1. The SMILES string of the molecule is Cc1cc(SCc2cccc(C(=O)C(C)(C)O)c2)ccc1Sc1ccccc1C=O. The topological polar surface area (TPSA) is 54.4 Å². The first kappa shape index (κ1) is 22.3. The number of hydrogen-bond donors (Lipinski definition) is 1. The Morgan fingerprint density at radius 1 is 1.00 bits per heavy atom. The van der Waals surface area contributed by atoms with Crippen LogP contribution < -0.4 is 0 Å². The summed E-state index contributed by atoms with van der Waals surface area (Å²) in [7, 11) is 0. The molecule has 154 valence electrons. The molecule has 3 rings (SSSR count). The molecule has 30 heavy (non-hydrogen) atoms. The molecule has 0 aliphatic carbocycles. The lowest BCUT2D eigenvalue weighted by Crippen LogP contribution is -2.31. The van der Waals surface area contributed by atoms with E-state index in [4.69, 9.17) is 0 Å². The van der Waals surface area contributed by atoms with Crippen LogP contribution in [0.1, 0.15) is 45.7 Å². The summed E-state index contributed by atoms with van der Waals surface area (Å²) in [5.41, 5.74) is 2.03. The van der Waals surface area contributed by atoms with Crippen LogP contribution in [0.2, 0.25) is 0 Å². The van der Waals surface area contributed by atoms with E-state index in [2.05, 4.69) is 25.1 Å². The predicted molar refractivity (Wildman–Crippen MR) is 124 cm³/mol. The molecule has 0 unspecified atom stereocenters. The van der Waals surface area contributed by atoms with E-state index in [1.807, 2.05) is 42.5 Å². The number of aliphatic hydroxyl groups is 1. The fourth-order valence-electron chi connectivity index (χ4n) is 2.94. The zero-order valence-corrected chi connectivity index (χ0v) is 18.8. The molecule has 3 nitrogen and oxygen atoms in total. The average molecular weight is 437 g/mol. The van der Waals surface area contributed by atoms with Crippen molar-refractivity contribution in [3.8, 4) is 0 Å². The van der Waals surface area contributed by atoms with Gasteiger partial charge in [-0.1, -0.05) is 48.2 Å². The van der Waals surface area contributed by atoms with Gasteiger partial charge in [0, 0.05) is 31.6 Å². The number of ketones is 1. The van der Waals surface area contributed by atoms with Gasteiger partial charge in [0.2, 0.25) is 0 Å². The second-order valence-electron chi connectivity index (χ2n) is 7.56. The quantitative estimate of drug-likeness (QED) is 0.259. The van der Waals surface area contributed by atoms with Gasteiger partial charge in [-0.15, -0.1) is 11.8 Å². The van der Waals surface area contributed by atoms with E-state index >= 15 is 0 Å². The summed E-state index contributed by atoms with van der Waals surface area (Å²) in [6.07, 6.45) is 0.888. The molecular weight excluding hydrogens is 412 g/mol. The van der Waals surface area contributed by atoms with Gasteiger partial charge in [0.05, 0.1) is 0 Å². The van der Waals surface area contributed by atoms with Gasteiger partial charge >= 0.3 is 0 Å². The minimum Gasteiger partial charge on any atom is -0.382 e. The van der Waals surface area contributed by atoms with Crippen molar-refractivity contribution in [1.29, 1.82) is 0 Å². The van der Waals surface area contributed by atoms with E-state index in [9.17, 15) is 14.7 Å². The number of hydrogen-bond acceptors (Lipinski definition) is 5. The van der Waals surface area contributed by atoms with Crippen LogP contribution in [0.5, 0.6) is 0 Å². The van der Waals surface area contributed by atoms with Crippen LogP contribution in [0, 0.1) is 6.92 Å². The molecule has 1 N–H and O–H groups in total. The van der Waals surface area contributed by atoms with Crippen molar-refractivity contribution in [3.05, 3.63) is 89.0 Å². The standard InChI is InChI=1S/C25H24O3S2/c1-17-13-21(11-12-22(17)30-23-10-5-4-8-20(23)15-26)29-16-18-7-6-9-19(14-18)24(27)25(2,3)28/h4-15,28H,16H2,1-3H3. The molecule has 3 aromatic rings. The Labute approximate surface area is 185 Å². The molecule has 0 aliphatic heterocycles. The zero-order valence-electron chi connectivity index (χ0n) is 17.2. The number of carbonyl (C=O) groups is 2. The summed E-state index contributed by atoms with van der Waals surface area (Å²) in [6.45, 7) is 5.08. The Hall–Kier alpha value is -2.34. The van der Waals surface area contributed by atoms with Crippen LogP contribution in [-0.2, 0) is 5.75 Å². The molecular formula is C25H24O3S2. The lowest BCUT2D eigenvalue weighted by Gasteiger charge is -2.16. The first-order chi connectivity index (χ1) is 14.3. The van der Waals surface area contributed by atoms with E-state index in [-0.39, 0.29) is 5.78 Å². The van der Waals surface area contributed by atoms with Gasteiger partial charge in [0.25, 0.3) is 0 Å². The van der Waals surface area contributed by atoms with Gasteiger partial charge in [-0.25, -0.2) is 0 Å². The van der Waals surface area contributed by atoms with Crippen LogP contribution >= 0.6 is 23.5 Å². The first-order valence-electron chi connectivity index (χ1n) is 9.59. The van der Waals surface area contributed by atoms with Crippen LogP contribution in [-0.4, -0.2) is 22.8 Å². The summed E-state index contributed by atoms with van der Waals surface area (Å²) in [5.74, 6) is 0.453. The summed E-state index contributed by atoms with van der Waals surface area (Å²) >= 11 is 3.29. The highest BCUT2D eigenvalue weighted by molar-refractivity contribution is 7.99. The lowest BCUT2D eigenvalue weighted by atomic mass is 9.96. The molecule has 0 atom stereocenters. The summed E-state index contributed by atoms with van der Waals surface area (Å²) in [5, 5.41) is 9.96. The highest BCUT2D eigenvalue weighted by Crippen LogP contribution is 2.34. The van der Waals surface area contributed by atoms with Crippen molar-refractivity contribution in [2.45, 2.75) is 46.8 Å². The Bertz CT molecular complexity index is 1070. The minimum absolute atomic E-state index is 0.276.